The summed E-state index contributed by atoms with van der Waals surface area (Å²) in [7, 11) is 0. The van der Waals surface area contributed by atoms with E-state index in [1.54, 1.807) is 6.92 Å². The number of nitrogens with two attached hydrogens (primary N) is 1. The number of carbonyl (C=O) groups is 1. The van der Waals surface area contributed by atoms with Crippen LogP contribution in [0.2, 0.25) is 0 Å². The SMILES string of the molecule is CCOC(=O)c1coc(OCC(C)(N)CC)n1. The van der Waals surface area contributed by atoms with Crippen molar-refractivity contribution in [1.82, 2.24) is 4.98 Å². The first-order valence-electron chi connectivity index (χ1n) is 5.53. The van der Waals surface area contributed by atoms with Crippen LogP contribution < -0.4 is 10.5 Å². The van der Waals surface area contributed by atoms with E-state index in [2.05, 4.69) is 4.98 Å². The molecule has 6 heteroatoms. The second-order valence-corrected chi connectivity index (χ2v) is 4.02. The molecule has 1 aromatic rings. The summed E-state index contributed by atoms with van der Waals surface area (Å²) in [6.45, 7) is 6.10. The van der Waals surface area contributed by atoms with Crippen LogP contribution in [0.5, 0.6) is 6.08 Å². The lowest BCUT2D eigenvalue weighted by molar-refractivity contribution is 0.0519. The van der Waals surface area contributed by atoms with Crippen LogP contribution in [0.3, 0.4) is 0 Å². The van der Waals surface area contributed by atoms with Gasteiger partial charge in [0, 0.05) is 5.54 Å². The van der Waals surface area contributed by atoms with Gasteiger partial charge in [0.15, 0.2) is 5.69 Å². The topological polar surface area (TPSA) is 87.6 Å². The molecule has 1 rings (SSSR count). The molecule has 0 saturated carbocycles. The summed E-state index contributed by atoms with van der Waals surface area (Å²) in [5, 5.41) is 0. The molecule has 0 radical (unpaired) electrons. The first kappa shape index (κ1) is 13.5. The number of oxazole rings is 1. The molecular formula is C11H18N2O4. The van der Waals surface area contributed by atoms with Crippen LogP contribution in [0.4, 0.5) is 0 Å². The number of hydrogen-bond donors (Lipinski definition) is 1. The van der Waals surface area contributed by atoms with Gasteiger partial charge in [-0.25, -0.2) is 4.79 Å². The van der Waals surface area contributed by atoms with E-state index >= 15 is 0 Å². The molecule has 2 N–H and O–H groups in total. The van der Waals surface area contributed by atoms with E-state index in [0.29, 0.717) is 6.61 Å². The Balaban J connectivity index is 2.54. The van der Waals surface area contributed by atoms with Gasteiger partial charge in [-0.3, -0.25) is 0 Å². The fraction of sp³-hybridized carbons (Fsp3) is 0.636. The predicted molar refractivity (Wildman–Crippen MR) is 60.8 cm³/mol. The van der Waals surface area contributed by atoms with Crippen molar-refractivity contribution in [2.24, 2.45) is 5.73 Å². The average Bonchev–Trinajstić information content (AvgIpc) is 2.76. The van der Waals surface area contributed by atoms with Crippen molar-refractivity contribution in [3.05, 3.63) is 12.0 Å². The van der Waals surface area contributed by atoms with Crippen LogP contribution in [0.1, 0.15) is 37.7 Å². The highest BCUT2D eigenvalue weighted by atomic mass is 16.6. The molecule has 0 aliphatic rings. The molecule has 1 atom stereocenters. The maximum absolute atomic E-state index is 11.3. The number of carbonyl (C=O) groups excluding carboxylic acids is 1. The van der Waals surface area contributed by atoms with Crippen LogP contribution >= 0.6 is 0 Å². The molecule has 0 bridgehead atoms. The van der Waals surface area contributed by atoms with Crippen molar-refractivity contribution in [3.8, 4) is 6.08 Å². The van der Waals surface area contributed by atoms with Gasteiger partial charge < -0.3 is 19.6 Å². The van der Waals surface area contributed by atoms with Gasteiger partial charge in [0.05, 0.1) is 6.61 Å². The van der Waals surface area contributed by atoms with Crippen molar-refractivity contribution < 1.29 is 18.7 Å². The third kappa shape index (κ3) is 4.07. The highest BCUT2D eigenvalue weighted by molar-refractivity contribution is 5.86. The van der Waals surface area contributed by atoms with E-state index < -0.39 is 11.5 Å². The van der Waals surface area contributed by atoms with Gasteiger partial charge in [-0.2, -0.15) is 4.98 Å². The van der Waals surface area contributed by atoms with E-state index in [1.165, 1.54) is 6.26 Å². The zero-order valence-corrected chi connectivity index (χ0v) is 10.4. The lowest BCUT2D eigenvalue weighted by Crippen LogP contribution is -2.41. The molecule has 0 amide bonds. The Labute approximate surface area is 100 Å². The number of ether oxygens (including phenoxy) is 2. The van der Waals surface area contributed by atoms with Crippen LogP contribution in [0.15, 0.2) is 10.7 Å². The van der Waals surface area contributed by atoms with E-state index in [-0.39, 0.29) is 18.4 Å². The Bertz CT molecular complexity index is 373. The monoisotopic (exact) mass is 242 g/mol. The summed E-state index contributed by atoms with van der Waals surface area (Å²) in [6, 6.07) is 0. The molecule has 1 aromatic heterocycles. The quantitative estimate of drug-likeness (QED) is 0.758. The summed E-state index contributed by atoms with van der Waals surface area (Å²) >= 11 is 0. The summed E-state index contributed by atoms with van der Waals surface area (Å²) in [6.07, 6.45) is 1.99. The van der Waals surface area contributed by atoms with Gasteiger partial charge in [0.25, 0.3) is 0 Å². The molecule has 1 unspecified atom stereocenters. The Kier molecular flexibility index (Phi) is 4.51. The van der Waals surface area contributed by atoms with Crippen LogP contribution in [-0.2, 0) is 4.74 Å². The molecule has 0 aliphatic heterocycles. The molecule has 17 heavy (non-hydrogen) atoms. The predicted octanol–water partition coefficient (Wildman–Crippen LogP) is 1.36. The van der Waals surface area contributed by atoms with E-state index in [4.69, 9.17) is 19.6 Å². The zero-order chi connectivity index (χ0) is 12.9. The van der Waals surface area contributed by atoms with E-state index in [1.807, 2.05) is 13.8 Å². The maximum atomic E-state index is 11.3. The van der Waals surface area contributed by atoms with Crippen molar-refractivity contribution in [3.63, 3.8) is 0 Å². The number of rotatable bonds is 6. The van der Waals surface area contributed by atoms with Crippen LogP contribution in [0, 0.1) is 0 Å². The van der Waals surface area contributed by atoms with E-state index in [0.717, 1.165) is 6.42 Å². The molecule has 96 valence electrons. The molecule has 0 aromatic carbocycles. The number of esters is 1. The summed E-state index contributed by atoms with van der Waals surface area (Å²) in [5.74, 6) is -0.530. The summed E-state index contributed by atoms with van der Waals surface area (Å²) in [4.78, 5) is 15.1. The van der Waals surface area contributed by atoms with Crippen molar-refractivity contribution in [1.29, 1.82) is 0 Å². The first-order chi connectivity index (χ1) is 7.98. The lowest BCUT2D eigenvalue weighted by atomic mass is 10.0. The minimum atomic E-state index is -0.530. The Morgan fingerprint density at radius 1 is 1.59 bits per heavy atom. The lowest BCUT2D eigenvalue weighted by Gasteiger charge is -2.20. The first-order valence-corrected chi connectivity index (χ1v) is 5.53. The Hall–Kier alpha value is -1.56. The van der Waals surface area contributed by atoms with Gasteiger partial charge in [-0.1, -0.05) is 6.92 Å². The largest absolute Gasteiger partial charge is 0.461 e. The Morgan fingerprint density at radius 3 is 2.88 bits per heavy atom. The van der Waals surface area contributed by atoms with Crippen molar-refractivity contribution in [2.75, 3.05) is 13.2 Å². The fourth-order valence-electron chi connectivity index (χ4n) is 0.951. The van der Waals surface area contributed by atoms with Gasteiger partial charge in [-0.15, -0.1) is 0 Å². The van der Waals surface area contributed by atoms with Gasteiger partial charge in [0.1, 0.15) is 12.9 Å². The van der Waals surface area contributed by atoms with Crippen LogP contribution in [-0.4, -0.2) is 29.7 Å². The average molecular weight is 242 g/mol. The molecular weight excluding hydrogens is 224 g/mol. The normalized spacial score (nSPS) is 14.1. The molecule has 0 spiro atoms. The van der Waals surface area contributed by atoms with Crippen LogP contribution in [0.25, 0.3) is 0 Å². The van der Waals surface area contributed by atoms with E-state index in [9.17, 15) is 4.79 Å². The zero-order valence-electron chi connectivity index (χ0n) is 10.4. The summed E-state index contributed by atoms with van der Waals surface area (Å²) < 4.78 is 15.0. The third-order valence-corrected chi connectivity index (χ3v) is 2.30. The second kappa shape index (κ2) is 5.67. The minimum absolute atomic E-state index is 0.0261. The standard InChI is InChI=1S/C11H18N2O4/c1-4-11(3,12)7-17-10-13-8(6-16-10)9(14)15-5-2/h6H,4-5,7,12H2,1-3H3. The highest BCUT2D eigenvalue weighted by Gasteiger charge is 2.19. The highest BCUT2D eigenvalue weighted by Crippen LogP contribution is 2.13. The molecule has 1 heterocycles. The molecule has 0 aliphatic carbocycles. The maximum Gasteiger partial charge on any atom is 0.394 e. The third-order valence-electron chi connectivity index (χ3n) is 2.30. The number of hydrogen-bond acceptors (Lipinski definition) is 6. The van der Waals surface area contributed by atoms with Crippen molar-refractivity contribution >= 4 is 5.97 Å². The molecule has 6 nitrogen and oxygen atoms in total. The molecule has 0 fully saturated rings. The second-order valence-electron chi connectivity index (χ2n) is 4.02. The smallest absolute Gasteiger partial charge is 0.394 e. The Morgan fingerprint density at radius 2 is 2.29 bits per heavy atom. The number of nitrogens with zero attached hydrogens (tertiary/aromatic N) is 1. The van der Waals surface area contributed by atoms with Crippen molar-refractivity contribution in [2.45, 2.75) is 32.7 Å². The summed E-state index contributed by atoms with van der Waals surface area (Å²) in [5.41, 5.74) is 5.54. The number of aromatic nitrogens is 1. The fourth-order valence-corrected chi connectivity index (χ4v) is 0.951. The van der Waals surface area contributed by atoms with Gasteiger partial charge in [-0.05, 0) is 20.3 Å². The molecule has 0 saturated heterocycles. The minimum Gasteiger partial charge on any atom is -0.461 e. The van der Waals surface area contributed by atoms with Gasteiger partial charge >= 0.3 is 12.0 Å². The van der Waals surface area contributed by atoms with Gasteiger partial charge in [0.2, 0.25) is 0 Å².